The molecular weight excluding hydrogens is 196 g/mol. The van der Waals surface area contributed by atoms with Crippen LogP contribution >= 0.6 is 0 Å². The van der Waals surface area contributed by atoms with E-state index in [9.17, 15) is 9.90 Å². The molecule has 0 bridgehead atoms. The maximum absolute atomic E-state index is 11.2. The van der Waals surface area contributed by atoms with Crippen LogP contribution in [0, 0.1) is 6.92 Å². The second-order valence-corrected chi connectivity index (χ2v) is 3.65. The van der Waals surface area contributed by atoms with E-state index in [1.54, 1.807) is 20.8 Å². The van der Waals surface area contributed by atoms with Gasteiger partial charge in [0.2, 0.25) is 0 Å². The first-order valence-electron chi connectivity index (χ1n) is 4.84. The number of methoxy groups -OCH3 is 1. The van der Waals surface area contributed by atoms with E-state index in [0.717, 1.165) is 5.56 Å². The molecule has 0 fully saturated rings. The largest absolute Gasteiger partial charge is 0.496 e. The van der Waals surface area contributed by atoms with Crippen LogP contribution < -0.4 is 10.4 Å². The first-order chi connectivity index (χ1) is 6.97. The maximum Gasteiger partial charge on any atom is 0.339 e. The number of ether oxygens (including phenoxy) is 1. The number of hydrogen-bond donors (Lipinski definition) is 1. The van der Waals surface area contributed by atoms with E-state index < -0.39 is 11.7 Å². The van der Waals surface area contributed by atoms with Gasteiger partial charge in [-0.3, -0.25) is 0 Å². The van der Waals surface area contributed by atoms with Crippen LogP contribution in [0.15, 0.2) is 15.3 Å². The van der Waals surface area contributed by atoms with Crippen LogP contribution in [0.1, 0.15) is 31.1 Å². The summed E-state index contributed by atoms with van der Waals surface area (Å²) in [5, 5.41) is 9.45. The fourth-order valence-electron chi connectivity index (χ4n) is 1.42. The van der Waals surface area contributed by atoms with Crippen LogP contribution in [0.3, 0.4) is 0 Å². The molecule has 0 aliphatic heterocycles. The van der Waals surface area contributed by atoms with Crippen molar-refractivity contribution in [2.45, 2.75) is 32.8 Å². The monoisotopic (exact) mass is 212 g/mol. The Balaban J connectivity index is 3.29. The lowest BCUT2D eigenvalue weighted by atomic mass is 9.99. The van der Waals surface area contributed by atoms with E-state index in [2.05, 4.69) is 0 Å². The summed E-state index contributed by atoms with van der Waals surface area (Å²) in [6, 6.07) is 1.30. The Hall–Kier alpha value is -1.29. The van der Waals surface area contributed by atoms with Gasteiger partial charge in [0.1, 0.15) is 11.5 Å². The minimum absolute atomic E-state index is 0.229. The summed E-state index contributed by atoms with van der Waals surface area (Å²) in [6.45, 7) is 5.26. The molecule has 0 aliphatic rings. The van der Waals surface area contributed by atoms with Crippen LogP contribution in [0.5, 0.6) is 5.75 Å². The van der Waals surface area contributed by atoms with Crippen LogP contribution in [0.25, 0.3) is 0 Å². The highest BCUT2D eigenvalue weighted by Crippen LogP contribution is 2.27. The highest BCUT2D eigenvalue weighted by atomic mass is 16.5. The summed E-state index contributed by atoms with van der Waals surface area (Å²) in [7, 11) is 1.50. The standard InChI is InChI=1S/C11H16O4/c1-6(8(3)12)11-7(2)9(14-4)5-10(13)15-11/h5-6,8,12H,1-4H3. The first kappa shape index (κ1) is 11.8. The van der Waals surface area contributed by atoms with Crippen molar-refractivity contribution in [1.29, 1.82) is 0 Å². The molecule has 2 atom stereocenters. The van der Waals surface area contributed by atoms with Crippen LogP contribution in [0.2, 0.25) is 0 Å². The molecule has 0 spiro atoms. The van der Waals surface area contributed by atoms with Gasteiger partial charge in [-0.1, -0.05) is 6.92 Å². The molecule has 1 aromatic rings. The molecule has 1 N–H and O–H groups in total. The lowest BCUT2D eigenvalue weighted by molar-refractivity contribution is 0.155. The van der Waals surface area contributed by atoms with Crippen molar-refractivity contribution in [2.24, 2.45) is 0 Å². The Morgan fingerprint density at radius 3 is 2.53 bits per heavy atom. The average molecular weight is 212 g/mol. The Morgan fingerprint density at radius 1 is 1.47 bits per heavy atom. The fraction of sp³-hybridized carbons (Fsp3) is 0.545. The zero-order valence-corrected chi connectivity index (χ0v) is 9.40. The number of rotatable bonds is 3. The molecule has 0 aliphatic carbocycles. The van der Waals surface area contributed by atoms with Gasteiger partial charge in [0.15, 0.2) is 0 Å². The van der Waals surface area contributed by atoms with Gasteiger partial charge >= 0.3 is 5.63 Å². The maximum atomic E-state index is 11.2. The van der Waals surface area contributed by atoms with Crippen LogP contribution in [-0.2, 0) is 0 Å². The third-order valence-electron chi connectivity index (χ3n) is 2.56. The van der Waals surface area contributed by atoms with Gasteiger partial charge < -0.3 is 14.3 Å². The van der Waals surface area contributed by atoms with E-state index in [-0.39, 0.29) is 5.92 Å². The van der Waals surface area contributed by atoms with Gasteiger partial charge in [-0.25, -0.2) is 4.79 Å². The smallest absolute Gasteiger partial charge is 0.339 e. The Morgan fingerprint density at radius 2 is 2.07 bits per heavy atom. The summed E-state index contributed by atoms with van der Waals surface area (Å²) in [4.78, 5) is 11.2. The minimum atomic E-state index is -0.570. The number of aliphatic hydroxyl groups excluding tert-OH is 1. The zero-order chi connectivity index (χ0) is 11.6. The van der Waals surface area contributed by atoms with Crippen molar-refractivity contribution in [2.75, 3.05) is 7.11 Å². The topological polar surface area (TPSA) is 59.7 Å². The molecule has 4 heteroatoms. The van der Waals surface area contributed by atoms with E-state index in [1.165, 1.54) is 13.2 Å². The molecule has 0 saturated heterocycles. The fourth-order valence-corrected chi connectivity index (χ4v) is 1.42. The lowest BCUT2D eigenvalue weighted by Gasteiger charge is -2.16. The van der Waals surface area contributed by atoms with Crippen LogP contribution in [0.4, 0.5) is 0 Å². The molecule has 4 nitrogen and oxygen atoms in total. The average Bonchev–Trinajstić information content (AvgIpc) is 2.19. The number of hydrogen-bond acceptors (Lipinski definition) is 4. The van der Waals surface area contributed by atoms with Gasteiger partial charge in [0, 0.05) is 11.5 Å². The highest BCUT2D eigenvalue weighted by Gasteiger charge is 2.19. The second-order valence-electron chi connectivity index (χ2n) is 3.65. The Labute approximate surface area is 88.5 Å². The molecule has 0 saturated carbocycles. The van der Waals surface area contributed by atoms with Gasteiger partial charge in [-0.15, -0.1) is 0 Å². The minimum Gasteiger partial charge on any atom is -0.496 e. The van der Waals surface area contributed by atoms with Crippen molar-refractivity contribution in [1.82, 2.24) is 0 Å². The van der Waals surface area contributed by atoms with Crippen LogP contribution in [-0.4, -0.2) is 18.3 Å². The van der Waals surface area contributed by atoms with Crippen molar-refractivity contribution in [3.63, 3.8) is 0 Å². The van der Waals surface area contributed by atoms with Crippen molar-refractivity contribution in [3.05, 3.63) is 27.8 Å². The van der Waals surface area contributed by atoms with Crippen molar-refractivity contribution < 1.29 is 14.3 Å². The van der Waals surface area contributed by atoms with Gasteiger partial charge in [0.05, 0.1) is 19.3 Å². The highest BCUT2D eigenvalue weighted by molar-refractivity contribution is 5.34. The predicted octanol–water partition coefficient (Wildman–Crippen LogP) is 1.44. The first-order valence-corrected chi connectivity index (χ1v) is 4.84. The molecule has 15 heavy (non-hydrogen) atoms. The van der Waals surface area contributed by atoms with E-state index in [1.807, 2.05) is 0 Å². The summed E-state index contributed by atoms with van der Waals surface area (Å²) in [5.74, 6) is 0.746. The third-order valence-corrected chi connectivity index (χ3v) is 2.56. The summed E-state index contributed by atoms with van der Waals surface area (Å²) >= 11 is 0. The quantitative estimate of drug-likeness (QED) is 0.823. The van der Waals surface area contributed by atoms with E-state index in [4.69, 9.17) is 9.15 Å². The zero-order valence-electron chi connectivity index (χ0n) is 9.40. The van der Waals surface area contributed by atoms with Gasteiger partial charge in [-0.05, 0) is 13.8 Å². The lowest BCUT2D eigenvalue weighted by Crippen LogP contribution is -2.15. The van der Waals surface area contributed by atoms with Crippen molar-refractivity contribution >= 4 is 0 Å². The molecule has 2 unspecified atom stereocenters. The molecule has 0 radical (unpaired) electrons. The second kappa shape index (κ2) is 4.49. The molecule has 1 aromatic heterocycles. The normalized spacial score (nSPS) is 14.7. The van der Waals surface area contributed by atoms with E-state index >= 15 is 0 Å². The summed E-state index contributed by atoms with van der Waals surface area (Å²) < 4.78 is 10.1. The Kier molecular flexibility index (Phi) is 3.52. The predicted molar refractivity (Wildman–Crippen MR) is 56.4 cm³/mol. The van der Waals surface area contributed by atoms with Gasteiger partial charge in [0.25, 0.3) is 0 Å². The van der Waals surface area contributed by atoms with E-state index in [0.29, 0.717) is 11.5 Å². The summed E-state index contributed by atoms with van der Waals surface area (Å²) in [6.07, 6.45) is -0.570. The molecular formula is C11H16O4. The Bertz CT molecular complexity index is 392. The molecule has 84 valence electrons. The van der Waals surface area contributed by atoms with Gasteiger partial charge in [-0.2, -0.15) is 0 Å². The molecule has 0 aromatic carbocycles. The SMILES string of the molecule is COc1cc(=O)oc(C(C)C(C)O)c1C. The molecule has 0 amide bonds. The molecule has 1 heterocycles. The summed E-state index contributed by atoms with van der Waals surface area (Å²) in [5.41, 5.74) is 0.297. The van der Waals surface area contributed by atoms with Crippen molar-refractivity contribution in [3.8, 4) is 5.75 Å². The molecule has 1 rings (SSSR count). The third kappa shape index (κ3) is 2.39. The number of aliphatic hydroxyl groups is 1.